The first-order chi connectivity index (χ1) is 7.74. The summed E-state index contributed by atoms with van der Waals surface area (Å²) in [5.74, 6) is 1.51. The first-order valence-electron chi connectivity index (χ1n) is 5.14. The molecular formula is C12H14N2O2. The Morgan fingerprint density at radius 1 is 1.44 bits per heavy atom. The molecule has 2 aromatic rings. The van der Waals surface area contributed by atoms with E-state index in [-0.39, 0.29) is 6.01 Å². The van der Waals surface area contributed by atoms with E-state index in [0.29, 0.717) is 0 Å². The Morgan fingerprint density at radius 2 is 2.25 bits per heavy atom. The van der Waals surface area contributed by atoms with E-state index < -0.39 is 0 Å². The van der Waals surface area contributed by atoms with E-state index in [2.05, 4.69) is 4.98 Å². The van der Waals surface area contributed by atoms with Crippen molar-refractivity contribution in [3.05, 3.63) is 30.0 Å². The van der Waals surface area contributed by atoms with E-state index in [1.54, 1.807) is 7.11 Å². The van der Waals surface area contributed by atoms with Gasteiger partial charge in [-0.3, -0.25) is 0 Å². The van der Waals surface area contributed by atoms with Crippen LogP contribution in [0.2, 0.25) is 0 Å². The Hall–Kier alpha value is -1.97. The Morgan fingerprint density at radius 3 is 2.94 bits per heavy atom. The number of ether oxygens (including phenoxy) is 1. The molecule has 84 valence electrons. The number of benzene rings is 1. The Kier molecular flexibility index (Phi) is 2.81. The van der Waals surface area contributed by atoms with Crippen molar-refractivity contribution in [1.29, 1.82) is 0 Å². The van der Waals surface area contributed by atoms with Gasteiger partial charge < -0.3 is 14.9 Å². The smallest absolute Gasteiger partial charge is 0.292 e. The number of hydrogen-bond donors (Lipinski definition) is 1. The minimum absolute atomic E-state index is 0.203. The number of anilines is 1. The van der Waals surface area contributed by atoms with Crippen LogP contribution in [0.15, 0.2) is 28.7 Å². The van der Waals surface area contributed by atoms with Crippen LogP contribution in [0.25, 0.3) is 11.3 Å². The van der Waals surface area contributed by atoms with Gasteiger partial charge in [-0.2, -0.15) is 4.98 Å². The molecule has 0 saturated heterocycles. The first-order valence-corrected chi connectivity index (χ1v) is 5.14. The number of oxazole rings is 1. The molecule has 0 aliphatic rings. The van der Waals surface area contributed by atoms with Crippen molar-refractivity contribution >= 4 is 6.01 Å². The van der Waals surface area contributed by atoms with Crippen molar-refractivity contribution in [2.24, 2.45) is 0 Å². The fourth-order valence-corrected chi connectivity index (χ4v) is 1.60. The van der Waals surface area contributed by atoms with Gasteiger partial charge in [0.05, 0.1) is 12.8 Å². The average Bonchev–Trinajstić information content (AvgIpc) is 2.70. The molecule has 0 bridgehead atoms. The highest BCUT2D eigenvalue weighted by atomic mass is 16.5. The highest BCUT2D eigenvalue weighted by molar-refractivity contribution is 5.62. The molecule has 2 rings (SSSR count). The van der Waals surface area contributed by atoms with Gasteiger partial charge in [0.1, 0.15) is 5.75 Å². The second kappa shape index (κ2) is 4.26. The van der Waals surface area contributed by atoms with E-state index in [4.69, 9.17) is 14.9 Å². The number of nitrogens with two attached hydrogens (primary N) is 1. The van der Waals surface area contributed by atoms with Crippen molar-refractivity contribution in [2.45, 2.75) is 13.3 Å². The number of nitrogen functional groups attached to an aromatic ring is 1. The molecule has 16 heavy (non-hydrogen) atoms. The fraction of sp³-hybridized carbons (Fsp3) is 0.250. The third-order valence-electron chi connectivity index (χ3n) is 2.38. The van der Waals surface area contributed by atoms with E-state index in [1.165, 1.54) is 0 Å². The highest BCUT2D eigenvalue weighted by Crippen LogP contribution is 2.28. The van der Waals surface area contributed by atoms with Crippen molar-refractivity contribution in [3.8, 4) is 17.1 Å². The van der Waals surface area contributed by atoms with Crippen LogP contribution in [-0.2, 0) is 6.42 Å². The van der Waals surface area contributed by atoms with Gasteiger partial charge in [-0.25, -0.2) is 0 Å². The first kappa shape index (κ1) is 10.5. The van der Waals surface area contributed by atoms with E-state index in [1.807, 2.05) is 31.2 Å². The van der Waals surface area contributed by atoms with Crippen LogP contribution in [0.1, 0.15) is 12.6 Å². The van der Waals surface area contributed by atoms with E-state index in [0.717, 1.165) is 29.2 Å². The average molecular weight is 218 g/mol. The monoisotopic (exact) mass is 218 g/mol. The van der Waals surface area contributed by atoms with Gasteiger partial charge in [0.2, 0.25) is 0 Å². The summed E-state index contributed by atoms with van der Waals surface area (Å²) in [6.45, 7) is 2.01. The standard InChI is InChI=1S/C12H14N2O2/c1-3-10-11(16-12(13)14-10)8-5-4-6-9(7-8)15-2/h4-7H,3H2,1-2H3,(H2,13,14). The zero-order valence-electron chi connectivity index (χ0n) is 9.36. The zero-order valence-corrected chi connectivity index (χ0v) is 9.36. The molecule has 2 N–H and O–H groups in total. The molecule has 0 aliphatic heterocycles. The molecule has 0 spiro atoms. The molecule has 4 nitrogen and oxygen atoms in total. The van der Waals surface area contributed by atoms with E-state index >= 15 is 0 Å². The van der Waals surface area contributed by atoms with Crippen LogP contribution < -0.4 is 10.5 Å². The molecule has 0 aliphatic carbocycles. The maximum absolute atomic E-state index is 5.55. The molecule has 0 saturated carbocycles. The van der Waals surface area contributed by atoms with Crippen molar-refractivity contribution in [1.82, 2.24) is 4.98 Å². The van der Waals surface area contributed by atoms with E-state index in [9.17, 15) is 0 Å². The minimum Gasteiger partial charge on any atom is -0.497 e. The highest BCUT2D eigenvalue weighted by Gasteiger charge is 2.12. The summed E-state index contributed by atoms with van der Waals surface area (Å²) >= 11 is 0. The van der Waals surface area contributed by atoms with Gasteiger partial charge >= 0.3 is 0 Å². The Labute approximate surface area is 94.1 Å². The normalized spacial score (nSPS) is 10.4. The van der Waals surface area contributed by atoms with Gasteiger partial charge in [0, 0.05) is 5.56 Å². The van der Waals surface area contributed by atoms with Crippen LogP contribution in [0.4, 0.5) is 6.01 Å². The van der Waals surface area contributed by atoms with Crippen LogP contribution in [0, 0.1) is 0 Å². The lowest BCUT2D eigenvalue weighted by molar-refractivity contribution is 0.415. The third kappa shape index (κ3) is 1.86. The quantitative estimate of drug-likeness (QED) is 0.859. The summed E-state index contributed by atoms with van der Waals surface area (Å²) in [6.07, 6.45) is 0.785. The Bertz CT molecular complexity index is 492. The molecule has 0 radical (unpaired) electrons. The Balaban J connectivity index is 2.48. The van der Waals surface area contributed by atoms with Gasteiger partial charge in [-0.05, 0) is 18.6 Å². The second-order valence-corrected chi connectivity index (χ2v) is 3.41. The number of nitrogens with zero attached hydrogens (tertiary/aromatic N) is 1. The fourth-order valence-electron chi connectivity index (χ4n) is 1.60. The lowest BCUT2D eigenvalue weighted by Gasteiger charge is -2.02. The maximum Gasteiger partial charge on any atom is 0.292 e. The largest absolute Gasteiger partial charge is 0.497 e. The van der Waals surface area contributed by atoms with Gasteiger partial charge in [-0.15, -0.1) is 0 Å². The van der Waals surface area contributed by atoms with Crippen LogP contribution >= 0.6 is 0 Å². The summed E-state index contributed by atoms with van der Waals surface area (Å²) in [7, 11) is 1.63. The molecule has 0 amide bonds. The predicted molar refractivity (Wildman–Crippen MR) is 62.3 cm³/mol. The van der Waals surface area contributed by atoms with Gasteiger partial charge in [-0.1, -0.05) is 19.1 Å². The van der Waals surface area contributed by atoms with Crippen LogP contribution in [0.3, 0.4) is 0 Å². The van der Waals surface area contributed by atoms with Gasteiger partial charge in [0.25, 0.3) is 6.01 Å². The maximum atomic E-state index is 5.55. The zero-order chi connectivity index (χ0) is 11.5. The third-order valence-corrected chi connectivity index (χ3v) is 2.38. The summed E-state index contributed by atoms with van der Waals surface area (Å²) < 4.78 is 10.6. The molecule has 1 aromatic heterocycles. The molecule has 0 fully saturated rings. The molecule has 0 unspecified atom stereocenters. The lowest BCUT2D eigenvalue weighted by Crippen LogP contribution is -1.87. The number of methoxy groups -OCH3 is 1. The number of hydrogen-bond acceptors (Lipinski definition) is 4. The predicted octanol–water partition coefficient (Wildman–Crippen LogP) is 2.49. The van der Waals surface area contributed by atoms with Gasteiger partial charge in [0.15, 0.2) is 5.76 Å². The minimum atomic E-state index is 0.203. The molecule has 0 atom stereocenters. The summed E-state index contributed by atoms with van der Waals surface area (Å²) in [6, 6.07) is 7.84. The van der Waals surface area contributed by atoms with Crippen molar-refractivity contribution in [2.75, 3.05) is 12.8 Å². The van der Waals surface area contributed by atoms with Crippen molar-refractivity contribution < 1.29 is 9.15 Å². The number of rotatable bonds is 3. The summed E-state index contributed by atoms with van der Waals surface area (Å²) in [5, 5.41) is 0. The summed E-state index contributed by atoms with van der Waals surface area (Å²) in [5.41, 5.74) is 7.35. The van der Waals surface area contributed by atoms with Crippen molar-refractivity contribution in [3.63, 3.8) is 0 Å². The second-order valence-electron chi connectivity index (χ2n) is 3.41. The SMILES string of the molecule is CCc1nc(N)oc1-c1cccc(OC)c1. The lowest BCUT2D eigenvalue weighted by atomic mass is 10.1. The number of aromatic nitrogens is 1. The summed E-state index contributed by atoms with van der Waals surface area (Å²) in [4.78, 5) is 4.13. The number of aryl methyl sites for hydroxylation is 1. The molecular weight excluding hydrogens is 204 g/mol. The molecule has 1 heterocycles. The molecule has 1 aromatic carbocycles. The van der Waals surface area contributed by atoms with Crippen LogP contribution in [0.5, 0.6) is 5.75 Å². The topological polar surface area (TPSA) is 61.3 Å². The molecule has 4 heteroatoms. The van der Waals surface area contributed by atoms with Crippen LogP contribution in [-0.4, -0.2) is 12.1 Å².